The average Bonchev–Trinajstić information content (AvgIpc) is 3.42. The molecule has 1 heterocycles. The van der Waals surface area contributed by atoms with Crippen LogP contribution in [0.1, 0.15) is 194 Å². The molecule has 0 fully saturated rings. The molecule has 0 aromatic heterocycles. The molecule has 0 aliphatic carbocycles. The van der Waals surface area contributed by atoms with Crippen molar-refractivity contribution in [1.29, 1.82) is 0 Å². The number of hydrogen-bond donors (Lipinski definition) is 0. The summed E-state index contributed by atoms with van der Waals surface area (Å²) in [5, 5.41) is 0. The molecule has 1 aromatic rings. The van der Waals surface area contributed by atoms with E-state index in [1.54, 1.807) is 0 Å². The van der Waals surface area contributed by atoms with Crippen molar-refractivity contribution in [2.24, 2.45) is 0 Å². The van der Waals surface area contributed by atoms with Gasteiger partial charge in [0, 0.05) is 24.6 Å². The molecule has 2 nitrogen and oxygen atoms in total. The van der Waals surface area contributed by atoms with Gasteiger partial charge in [-0.1, -0.05) is 193 Å². The maximum Gasteiger partial charge on any atom is 0.105 e. The maximum atomic E-state index is 2.65. The van der Waals surface area contributed by atoms with E-state index in [0.29, 0.717) is 6.17 Å². The molecule has 1 aromatic carbocycles. The number of hydrogen-bond acceptors (Lipinski definition) is 2. The Kier molecular flexibility index (Phi) is 23.7. The first-order valence-corrected chi connectivity index (χ1v) is 19.1. The van der Waals surface area contributed by atoms with Crippen LogP contribution in [-0.4, -0.2) is 17.6 Å². The predicted molar refractivity (Wildman–Crippen MR) is 189 cm³/mol. The lowest BCUT2D eigenvalue weighted by Crippen LogP contribution is -2.39. The molecular weight excluding hydrogens is 508 g/mol. The SMILES string of the molecule is CCCCCCCCCCCCCCCCCC1N(CCCCCCCCCCCCCC)C=CN1c1ccccc1. The molecule has 0 bridgehead atoms. The normalized spacial score (nSPS) is 14.9. The van der Waals surface area contributed by atoms with Gasteiger partial charge in [0.15, 0.2) is 0 Å². The molecule has 1 unspecified atom stereocenters. The monoisotopic (exact) mass is 581 g/mol. The zero-order valence-corrected chi connectivity index (χ0v) is 28.5. The number of rotatable bonds is 30. The second kappa shape index (κ2) is 27.1. The lowest BCUT2D eigenvalue weighted by atomic mass is 10.0. The van der Waals surface area contributed by atoms with E-state index < -0.39 is 0 Å². The van der Waals surface area contributed by atoms with Gasteiger partial charge in [-0.3, -0.25) is 0 Å². The van der Waals surface area contributed by atoms with Gasteiger partial charge in [0.05, 0.1) is 0 Å². The van der Waals surface area contributed by atoms with Gasteiger partial charge in [0.1, 0.15) is 6.17 Å². The summed E-state index contributed by atoms with van der Waals surface area (Å²) in [5.41, 5.74) is 1.34. The zero-order chi connectivity index (χ0) is 29.8. The fraction of sp³-hybridized carbons (Fsp3) is 0.800. The summed E-state index contributed by atoms with van der Waals surface area (Å²) in [4.78, 5) is 5.18. The minimum Gasteiger partial charge on any atom is -0.356 e. The van der Waals surface area contributed by atoms with Crippen molar-refractivity contribution >= 4 is 5.69 Å². The van der Waals surface area contributed by atoms with Gasteiger partial charge in [-0.15, -0.1) is 0 Å². The first kappa shape index (κ1) is 36.8. The second-order valence-corrected chi connectivity index (χ2v) is 13.4. The smallest absolute Gasteiger partial charge is 0.105 e. The van der Waals surface area contributed by atoms with Gasteiger partial charge < -0.3 is 9.80 Å². The highest BCUT2D eigenvalue weighted by Crippen LogP contribution is 2.28. The third kappa shape index (κ3) is 18.3. The van der Waals surface area contributed by atoms with E-state index in [2.05, 4.69) is 66.4 Å². The Labute approximate surface area is 264 Å². The molecule has 42 heavy (non-hydrogen) atoms. The fourth-order valence-corrected chi connectivity index (χ4v) is 6.74. The molecule has 0 radical (unpaired) electrons. The van der Waals surface area contributed by atoms with Crippen LogP contribution in [-0.2, 0) is 0 Å². The minimum atomic E-state index is 0.502. The van der Waals surface area contributed by atoms with Gasteiger partial charge >= 0.3 is 0 Å². The number of anilines is 1. The van der Waals surface area contributed by atoms with Crippen LogP contribution < -0.4 is 4.90 Å². The van der Waals surface area contributed by atoms with Crippen molar-refractivity contribution in [3.8, 4) is 0 Å². The van der Waals surface area contributed by atoms with Crippen molar-refractivity contribution in [2.45, 2.75) is 200 Å². The first-order valence-electron chi connectivity index (χ1n) is 19.1. The summed E-state index contributed by atoms with van der Waals surface area (Å²) in [7, 11) is 0. The molecule has 1 aliphatic rings. The largest absolute Gasteiger partial charge is 0.356 e. The number of unbranched alkanes of at least 4 members (excludes halogenated alkanes) is 25. The van der Waals surface area contributed by atoms with Gasteiger partial charge in [0.2, 0.25) is 0 Å². The van der Waals surface area contributed by atoms with Crippen LogP contribution in [0.25, 0.3) is 0 Å². The Morgan fingerprint density at radius 2 is 0.810 bits per heavy atom. The Hall–Kier alpha value is -1.44. The van der Waals surface area contributed by atoms with Crippen LogP contribution in [0.5, 0.6) is 0 Å². The standard InChI is InChI=1S/C40H72N2/c1-3-5-7-9-11-13-15-17-18-19-20-22-24-26-31-35-40-41(37-38-42(40)39-33-29-28-30-34-39)36-32-27-25-23-21-16-14-12-10-8-6-4-2/h28-30,33-34,37-38,40H,3-27,31-32,35-36H2,1-2H3. The third-order valence-electron chi connectivity index (χ3n) is 9.51. The summed E-state index contributed by atoms with van der Waals surface area (Å²) in [5.74, 6) is 0. The highest BCUT2D eigenvalue weighted by atomic mass is 15.4. The number of nitrogens with zero attached hydrogens (tertiary/aromatic N) is 2. The molecule has 0 spiro atoms. The van der Waals surface area contributed by atoms with Crippen molar-refractivity contribution in [2.75, 3.05) is 11.4 Å². The molecule has 242 valence electrons. The molecule has 2 heteroatoms. The van der Waals surface area contributed by atoms with E-state index in [1.807, 2.05) is 0 Å². The lowest BCUT2D eigenvalue weighted by molar-refractivity contribution is 0.273. The van der Waals surface area contributed by atoms with E-state index in [0.717, 1.165) is 0 Å². The van der Waals surface area contributed by atoms with E-state index in [4.69, 9.17) is 0 Å². The van der Waals surface area contributed by atoms with E-state index in [1.165, 1.54) is 192 Å². The average molecular weight is 581 g/mol. The molecule has 2 rings (SSSR count). The van der Waals surface area contributed by atoms with Crippen LogP contribution in [0, 0.1) is 0 Å². The molecule has 1 atom stereocenters. The minimum absolute atomic E-state index is 0.502. The summed E-state index contributed by atoms with van der Waals surface area (Å²) in [6.07, 6.45) is 45.1. The summed E-state index contributed by atoms with van der Waals surface area (Å²) < 4.78 is 0. The molecule has 0 amide bonds. The summed E-state index contributed by atoms with van der Waals surface area (Å²) in [6, 6.07) is 11.1. The van der Waals surface area contributed by atoms with Gasteiger partial charge in [0.25, 0.3) is 0 Å². The molecule has 0 N–H and O–H groups in total. The van der Waals surface area contributed by atoms with E-state index >= 15 is 0 Å². The van der Waals surface area contributed by atoms with Crippen LogP contribution >= 0.6 is 0 Å². The zero-order valence-electron chi connectivity index (χ0n) is 28.5. The van der Waals surface area contributed by atoms with Gasteiger partial charge in [-0.2, -0.15) is 0 Å². The van der Waals surface area contributed by atoms with Crippen LogP contribution in [0.2, 0.25) is 0 Å². The van der Waals surface area contributed by atoms with Gasteiger partial charge in [-0.05, 0) is 31.4 Å². The number of para-hydroxylation sites is 1. The van der Waals surface area contributed by atoms with Gasteiger partial charge in [-0.25, -0.2) is 0 Å². The van der Waals surface area contributed by atoms with Crippen molar-refractivity contribution in [1.82, 2.24) is 4.90 Å². The predicted octanol–water partition coefficient (Wildman–Crippen LogP) is 13.6. The van der Waals surface area contributed by atoms with Crippen LogP contribution in [0.4, 0.5) is 5.69 Å². The van der Waals surface area contributed by atoms with Crippen LogP contribution in [0.3, 0.4) is 0 Å². The Morgan fingerprint density at radius 1 is 0.429 bits per heavy atom. The van der Waals surface area contributed by atoms with Crippen molar-refractivity contribution in [3.05, 3.63) is 42.7 Å². The molecule has 1 aliphatic heterocycles. The first-order chi connectivity index (χ1) is 20.9. The third-order valence-corrected chi connectivity index (χ3v) is 9.51. The molecular formula is C40H72N2. The quantitative estimate of drug-likeness (QED) is 0.0835. The summed E-state index contributed by atoms with van der Waals surface area (Å²) >= 11 is 0. The second-order valence-electron chi connectivity index (χ2n) is 13.4. The lowest BCUT2D eigenvalue weighted by Gasteiger charge is -2.33. The fourth-order valence-electron chi connectivity index (χ4n) is 6.74. The Bertz CT molecular complexity index is 714. The maximum absolute atomic E-state index is 2.65. The Balaban J connectivity index is 1.53. The summed E-state index contributed by atoms with van der Waals surface area (Å²) in [6.45, 7) is 5.82. The Morgan fingerprint density at radius 3 is 1.24 bits per heavy atom. The topological polar surface area (TPSA) is 6.48 Å². The number of benzene rings is 1. The van der Waals surface area contributed by atoms with Crippen LogP contribution in [0.15, 0.2) is 42.7 Å². The molecule has 0 saturated carbocycles. The highest BCUT2D eigenvalue weighted by molar-refractivity contribution is 5.51. The van der Waals surface area contributed by atoms with E-state index in [-0.39, 0.29) is 0 Å². The van der Waals surface area contributed by atoms with Crippen molar-refractivity contribution < 1.29 is 0 Å². The molecule has 0 saturated heterocycles. The van der Waals surface area contributed by atoms with E-state index in [9.17, 15) is 0 Å². The highest BCUT2D eigenvalue weighted by Gasteiger charge is 2.26. The van der Waals surface area contributed by atoms with Crippen molar-refractivity contribution in [3.63, 3.8) is 0 Å².